The van der Waals surface area contributed by atoms with Crippen molar-refractivity contribution < 1.29 is 4.79 Å². The van der Waals surface area contributed by atoms with E-state index in [0.29, 0.717) is 11.5 Å². The molecular formula is C21H21N3O. The van der Waals surface area contributed by atoms with Gasteiger partial charge in [0, 0.05) is 24.6 Å². The highest BCUT2D eigenvalue weighted by atomic mass is 16.2. The van der Waals surface area contributed by atoms with E-state index in [-0.39, 0.29) is 5.91 Å². The zero-order valence-electron chi connectivity index (χ0n) is 14.3. The molecule has 1 N–H and O–H groups in total. The fraction of sp³-hybridized carbons (Fsp3) is 0.238. The highest BCUT2D eigenvalue weighted by Gasteiger charge is 2.29. The standard InChI is InChI=1S/C21H21N3O/c1-15-7-9-17(10-8-15)20-19(13-22-23-20)21(25)24-12-11-18(14-24)16-5-3-2-4-6-16/h2-10,13,18H,11-12,14H2,1H3,(H,22,23). The number of aromatic amines is 1. The number of aromatic nitrogens is 2. The summed E-state index contributed by atoms with van der Waals surface area (Å²) in [4.78, 5) is 15.0. The molecule has 0 spiro atoms. The first-order valence-electron chi connectivity index (χ1n) is 8.67. The van der Waals surface area contributed by atoms with Crippen molar-refractivity contribution in [1.29, 1.82) is 0 Å². The summed E-state index contributed by atoms with van der Waals surface area (Å²) in [7, 11) is 0. The number of rotatable bonds is 3. The van der Waals surface area contributed by atoms with Crippen molar-refractivity contribution >= 4 is 5.91 Å². The number of nitrogens with zero attached hydrogens (tertiary/aromatic N) is 2. The highest BCUT2D eigenvalue weighted by Crippen LogP contribution is 2.30. The van der Waals surface area contributed by atoms with Crippen molar-refractivity contribution in [2.75, 3.05) is 13.1 Å². The van der Waals surface area contributed by atoms with Crippen LogP contribution in [0.1, 0.15) is 33.8 Å². The lowest BCUT2D eigenvalue weighted by molar-refractivity contribution is 0.0791. The Kier molecular flexibility index (Phi) is 4.10. The summed E-state index contributed by atoms with van der Waals surface area (Å²) in [6, 6.07) is 18.6. The van der Waals surface area contributed by atoms with E-state index < -0.39 is 0 Å². The van der Waals surface area contributed by atoms with E-state index in [4.69, 9.17) is 0 Å². The lowest BCUT2D eigenvalue weighted by Gasteiger charge is -2.17. The van der Waals surface area contributed by atoms with E-state index in [1.54, 1.807) is 6.20 Å². The van der Waals surface area contributed by atoms with Crippen molar-refractivity contribution in [2.45, 2.75) is 19.3 Å². The topological polar surface area (TPSA) is 49.0 Å². The molecule has 1 unspecified atom stereocenters. The molecule has 1 saturated heterocycles. The highest BCUT2D eigenvalue weighted by molar-refractivity contribution is 5.99. The summed E-state index contributed by atoms with van der Waals surface area (Å²) < 4.78 is 0. The van der Waals surface area contributed by atoms with Gasteiger partial charge in [-0.3, -0.25) is 9.89 Å². The maximum Gasteiger partial charge on any atom is 0.257 e. The summed E-state index contributed by atoms with van der Waals surface area (Å²) >= 11 is 0. The third kappa shape index (κ3) is 3.07. The molecule has 3 aromatic rings. The van der Waals surface area contributed by atoms with Crippen LogP contribution in [0.15, 0.2) is 60.8 Å². The number of carbonyl (C=O) groups excluding carboxylic acids is 1. The summed E-state index contributed by atoms with van der Waals surface area (Å²) in [6.07, 6.45) is 2.65. The van der Waals surface area contributed by atoms with Gasteiger partial charge in [-0.2, -0.15) is 5.10 Å². The van der Waals surface area contributed by atoms with Crippen molar-refractivity contribution in [2.24, 2.45) is 0 Å². The van der Waals surface area contributed by atoms with Gasteiger partial charge in [0.2, 0.25) is 0 Å². The van der Waals surface area contributed by atoms with Crippen LogP contribution in [-0.4, -0.2) is 34.1 Å². The molecule has 126 valence electrons. The van der Waals surface area contributed by atoms with Crippen molar-refractivity contribution in [3.63, 3.8) is 0 Å². The first kappa shape index (κ1) is 15.6. The molecule has 4 heteroatoms. The smallest absolute Gasteiger partial charge is 0.257 e. The van der Waals surface area contributed by atoms with Crippen LogP contribution in [0.5, 0.6) is 0 Å². The Morgan fingerprint density at radius 2 is 1.88 bits per heavy atom. The average molecular weight is 331 g/mol. The Balaban J connectivity index is 1.55. The second kappa shape index (κ2) is 6.55. The first-order chi connectivity index (χ1) is 12.2. The lowest BCUT2D eigenvalue weighted by Crippen LogP contribution is -2.28. The fourth-order valence-corrected chi connectivity index (χ4v) is 3.50. The second-order valence-electron chi connectivity index (χ2n) is 6.67. The van der Waals surface area contributed by atoms with Gasteiger partial charge in [-0.05, 0) is 18.9 Å². The summed E-state index contributed by atoms with van der Waals surface area (Å²) in [5, 5.41) is 7.11. The quantitative estimate of drug-likeness (QED) is 0.788. The molecule has 1 aliphatic heterocycles. The molecule has 1 fully saturated rings. The molecule has 2 aromatic carbocycles. The zero-order chi connectivity index (χ0) is 17.2. The minimum absolute atomic E-state index is 0.0581. The van der Waals surface area contributed by atoms with Gasteiger partial charge in [-0.15, -0.1) is 0 Å². The Morgan fingerprint density at radius 1 is 1.12 bits per heavy atom. The van der Waals surface area contributed by atoms with Gasteiger partial charge in [0.05, 0.1) is 17.5 Å². The number of aryl methyl sites for hydroxylation is 1. The Hall–Kier alpha value is -2.88. The van der Waals surface area contributed by atoms with Gasteiger partial charge >= 0.3 is 0 Å². The van der Waals surface area contributed by atoms with E-state index in [9.17, 15) is 4.79 Å². The molecule has 25 heavy (non-hydrogen) atoms. The van der Waals surface area contributed by atoms with Crippen LogP contribution >= 0.6 is 0 Å². The van der Waals surface area contributed by atoms with Gasteiger partial charge in [0.1, 0.15) is 0 Å². The summed E-state index contributed by atoms with van der Waals surface area (Å²) in [6.45, 7) is 3.61. The van der Waals surface area contributed by atoms with E-state index >= 15 is 0 Å². The number of hydrogen-bond donors (Lipinski definition) is 1. The van der Waals surface area contributed by atoms with Crippen molar-refractivity contribution in [3.05, 3.63) is 77.5 Å². The number of hydrogen-bond acceptors (Lipinski definition) is 2. The minimum atomic E-state index is 0.0581. The van der Waals surface area contributed by atoms with E-state index in [1.165, 1.54) is 11.1 Å². The van der Waals surface area contributed by atoms with Gasteiger partial charge in [-0.1, -0.05) is 60.2 Å². The molecular weight excluding hydrogens is 310 g/mol. The Bertz CT molecular complexity index is 868. The third-order valence-corrected chi connectivity index (χ3v) is 4.96. The van der Waals surface area contributed by atoms with Crippen molar-refractivity contribution in [1.82, 2.24) is 15.1 Å². The zero-order valence-corrected chi connectivity index (χ0v) is 14.3. The normalized spacial score (nSPS) is 17.0. The van der Waals surface area contributed by atoms with E-state index in [2.05, 4.69) is 41.4 Å². The fourth-order valence-electron chi connectivity index (χ4n) is 3.50. The Morgan fingerprint density at radius 3 is 2.64 bits per heavy atom. The molecule has 4 nitrogen and oxygen atoms in total. The number of carbonyl (C=O) groups is 1. The van der Waals surface area contributed by atoms with Crippen LogP contribution < -0.4 is 0 Å². The molecule has 2 heterocycles. The average Bonchev–Trinajstić information content (AvgIpc) is 3.32. The predicted octanol–water partition coefficient (Wildman–Crippen LogP) is 4.01. The Labute approximate surface area is 147 Å². The third-order valence-electron chi connectivity index (χ3n) is 4.96. The van der Waals surface area contributed by atoms with Crippen LogP contribution in [0.3, 0.4) is 0 Å². The van der Waals surface area contributed by atoms with Crippen LogP contribution in [0.25, 0.3) is 11.3 Å². The van der Waals surface area contributed by atoms with Gasteiger partial charge in [0.15, 0.2) is 0 Å². The molecule has 1 aliphatic rings. The van der Waals surface area contributed by atoms with Gasteiger partial charge in [0.25, 0.3) is 5.91 Å². The van der Waals surface area contributed by atoms with Crippen LogP contribution in [0.4, 0.5) is 0 Å². The predicted molar refractivity (Wildman–Crippen MR) is 98.5 cm³/mol. The molecule has 0 bridgehead atoms. The van der Waals surface area contributed by atoms with E-state index in [1.807, 2.05) is 35.2 Å². The lowest BCUT2D eigenvalue weighted by atomic mass is 9.99. The number of H-pyrrole nitrogens is 1. The van der Waals surface area contributed by atoms with E-state index in [0.717, 1.165) is 30.8 Å². The monoisotopic (exact) mass is 331 g/mol. The largest absolute Gasteiger partial charge is 0.338 e. The maximum absolute atomic E-state index is 13.0. The molecule has 0 aliphatic carbocycles. The summed E-state index contributed by atoms with van der Waals surface area (Å²) in [5.74, 6) is 0.475. The molecule has 0 radical (unpaired) electrons. The SMILES string of the molecule is Cc1ccc(-c2[nH]ncc2C(=O)N2CCC(c3ccccc3)C2)cc1. The number of benzene rings is 2. The van der Waals surface area contributed by atoms with Crippen LogP contribution in [0.2, 0.25) is 0 Å². The minimum Gasteiger partial charge on any atom is -0.338 e. The second-order valence-corrected chi connectivity index (χ2v) is 6.67. The number of nitrogens with one attached hydrogen (secondary N) is 1. The molecule has 1 atom stereocenters. The molecule has 1 amide bonds. The summed E-state index contributed by atoms with van der Waals surface area (Å²) in [5.41, 5.74) is 4.95. The molecule has 0 saturated carbocycles. The maximum atomic E-state index is 13.0. The van der Waals surface area contributed by atoms with Gasteiger partial charge < -0.3 is 4.90 Å². The molecule has 1 aromatic heterocycles. The van der Waals surface area contributed by atoms with Crippen molar-refractivity contribution in [3.8, 4) is 11.3 Å². The first-order valence-corrected chi connectivity index (χ1v) is 8.67. The number of likely N-dealkylation sites (tertiary alicyclic amines) is 1. The van der Waals surface area contributed by atoms with Crippen LogP contribution in [0, 0.1) is 6.92 Å². The van der Waals surface area contributed by atoms with Crippen LogP contribution in [-0.2, 0) is 0 Å². The number of amides is 1. The molecule has 4 rings (SSSR count). The van der Waals surface area contributed by atoms with Gasteiger partial charge in [-0.25, -0.2) is 0 Å².